The monoisotopic (exact) mass is 466 g/mol. The number of carbonyl (C=O) groups excluding carboxylic acids is 2. The maximum absolute atomic E-state index is 13.5. The van der Waals surface area contributed by atoms with Gasteiger partial charge in [0.15, 0.2) is 0 Å². The highest BCUT2D eigenvalue weighted by Crippen LogP contribution is 2.31. The summed E-state index contributed by atoms with van der Waals surface area (Å²) in [6.07, 6.45) is 0.834. The van der Waals surface area contributed by atoms with Crippen molar-refractivity contribution in [2.45, 2.75) is 65.8 Å². The molecule has 9 heteroatoms. The average molecular weight is 467 g/mol. The van der Waals surface area contributed by atoms with Crippen molar-refractivity contribution in [3.05, 3.63) is 27.8 Å². The van der Waals surface area contributed by atoms with Gasteiger partial charge in [0.2, 0.25) is 21.8 Å². The third kappa shape index (κ3) is 5.68. The van der Waals surface area contributed by atoms with E-state index in [9.17, 15) is 18.0 Å². The molecule has 2 N–H and O–H groups in total. The van der Waals surface area contributed by atoms with E-state index in [2.05, 4.69) is 10.6 Å². The third-order valence-electron chi connectivity index (χ3n) is 6.55. The molecule has 32 heavy (non-hydrogen) atoms. The maximum atomic E-state index is 13.5. The van der Waals surface area contributed by atoms with Gasteiger partial charge in [0, 0.05) is 32.7 Å². The molecule has 0 bridgehead atoms. The quantitative estimate of drug-likeness (QED) is 0.606. The standard InChI is InChI=1S/C23H38N4O4S/c1-8-9-24-23(29)20(7)25-21(28)14-26-10-12-27(13-11-26)32(30,31)22-18(5)16(3)15(2)17(4)19(22)6/h20H,8-14H2,1-7H3,(H,24,29)(H,25,28)/t20-/m0/s1. The molecular formula is C23H38N4O4S. The zero-order chi connectivity index (χ0) is 24.2. The highest BCUT2D eigenvalue weighted by molar-refractivity contribution is 7.89. The Balaban J connectivity index is 2.01. The van der Waals surface area contributed by atoms with Gasteiger partial charge in [0.05, 0.1) is 11.4 Å². The first-order valence-electron chi connectivity index (χ1n) is 11.3. The molecule has 1 heterocycles. The van der Waals surface area contributed by atoms with Crippen LogP contribution in [0, 0.1) is 34.6 Å². The van der Waals surface area contributed by atoms with Crippen molar-refractivity contribution in [3.8, 4) is 0 Å². The Labute approximate surface area is 192 Å². The topological polar surface area (TPSA) is 98.8 Å². The molecule has 0 spiro atoms. The Morgan fingerprint density at radius 1 is 0.906 bits per heavy atom. The Kier molecular flexibility index (Phi) is 8.84. The van der Waals surface area contributed by atoms with Gasteiger partial charge < -0.3 is 10.6 Å². The second-order valence-electron chi connectivity index (χ2n) is 8.71. The van der Waals surface area contributed by atoms with Gasteiger partial charge in [-0.2, -0.15) is 4.31 Å². The van der Waals surface area contributed by atoms with Crippen LogP contribution in [0.3, 0.4) is 0 Å². The molecule has 0 radical (unpaired) electrons. The fraction of sp³-hybridized carbons (Fsp3) is 0.652. The van der Waals surface area contributed by atoms with Crippen molar-refractivity contribution in [1.29, 1.82) is 0 Å². The second kappa shape index (κ2) is 10.8. The van der Waals surface area contributed by atoms with Crippen LogP contribution in [0.1, 0.15) is 48.1 Å². The molecule has 1 aliphatic heterocycles. The van der Waals surface area contributed by atoms with Crippen molar-refractivity contribution >= 4 is 21.8 Å². The molecule has 1 aromatic rings. The van der Waals surface area contributed by atoms with Crippen molar-refractivity contribution in [1.82, 2.24) is 19.8 Å². The summed E-state index contributed by atoms with van der Waals surface area (Å²) in [4.78, 5) is 26.6. The summed E-state index contributed by atoms with van der Waals surface area (Å²) < 4.78 is 28.4. The minimum Gasteiger partial charge on any atom is -0.354 e. The van der Waals surface area contributed by atoms with Crippen LogP contribution in [-0.4, -0.2) is 74.7 Å². The van der Waals surface area contributed by atoms with E-state index in [1.165, 1.54) is 4.31 Å². The van der Waals surface area contributed by atoms with Crippen molar-refractivity contribution in [2.24, 2.45) is 0 Å². The first-order valence-corrected chi connectivity index (χ1v) is 12.7. The number of carbonyl (C=O) groups is 2. The Morgan fingerprint density at radius 3 is 1.91 bits per heavy atom. The molecule has 0 aromatic heterocycles. The number of nitrogens with zero attached hydrogens (tertiary/aromatic N) is 2. The normalized spacial score (nSPS) is 16.6. The number of sulfonamides is 1. The lowest BCUT2D eigenvalue weighted by Gasteiger charge is -2.34. The van der Waals surface area contributed by atoms with Crippen LogP contribution in [0.2, 0.25) is 0 Å². The first-order chi connectivity index (χ1) is 14.9. The Morgan fingerprint density at radius 2 is 1.41 bits per heavy atom. The fourth-order valence-electron chi connectivity index (χ4n) is 4.07. The summed E-state index contributed by atoms with van der Waals surface area (Å²) in [5.74, 6) is -0.442. The van der Waals surface area contributed by atoms with Crippen LogP contribution in [0.15, 0.2) is 4.90 Å². The molecule has 2 rings (SSSR count). The smallest absolute Gasteiger partial charge is 0.243 e. The Bertz CT molecular complexity index is 938. The zero-order valence-electron chi connectivity index (χ0n) is 20.5. The van der Waals surface area contributed by atoms with Crippen LogP contribution in [0.4, 0.5) is 0 Å². The molecule has 180 valence electrons. The molecule has 0 saturated carbocycles. The number of hydrogen-bond donors (Lipinski definition) is 2. The molecule has 2 amide bonds. The van der Waals surface area contributed by atoms with Gasteiger partial charge in [-0.1, -0.05) is 6.92 Å². The fourth-order valence-corrected chi connectivity index (χ4v) is 6.05. The van der Waals surface area contributed by atoms with Crippen LogP contribution in [-0.2, 0) is 19.6 Å². The molecule has 1 aromatic carbocycles. The molecular weight excluding hydrogens is 428 g/mol. The molecule has 1 aliphatic rings. The highest BCUT2D eigenvalue weighted by atomic mass is 32.2. The number of amides is 2. The minimum atomic E-state index is -3.62. The van der Waals surface area contributed by atoms with E-state index >= 15 is 0 Å². The van der Waals surface area contributed by atoms with Crippen LogP contribution < -0.4 is 10.6 Å². The summed E-state index contributed by atoms with van der Waals surface area (Å²) in [6, 6.07) is -0.602. The van der Waals surface area contributed by atoms with E-state index < -0.39 is 16.1 Å². The van der Waals surface area contributed by atoms with E-state index in [0.29, 0.717) is 37.6 Å². The van der Waals surface area contributed by atoms with Crippen molar-refractivity contribution in [2.75, 3.05) is 39.3 Å². The molecule has 0 aliphatic carbocycles. The summed E-state index contributed by atoms with van der Waals surface area (Å²) in [5, 5.41) is 5.47. The van der Waals surface area contributed by atoms with Gasteiger partial charge in [-0.15, -0.1) is 0 Å². The van der Waals surface area contributed by atoms with E-state index in [1.54, 1.807) is 6.92 Å². The third-order valence-corrected chi connectivity index (χ3v) is 8.72. The van der Waals surface area contributed by atoms with Gasteiger partial charge in [0.25, 0.3) is 0 Å². The molecule has 1 atom stereocenters. The van der Waals surface area contributed by atoms with Crippen LogP contribution in [0.5, 0.6) is 0 Å². The lowest BCUT2D eigenvalue weighted by atomic mass is 9.95. The second-order valence-corrected chi connectivity index (χ2v) is 10.6. The van der Waals surface area contributed by atoms with Crippen LogP contribution >= 0.6 is 0 Å². The van der Waals surface area contributed by atoms with E-state index in [4.69, 9.17) is 0 Å². The van der Waals surface area contributed by atoms with E-state index in [0.717, 1.165) is 34.2 Å². The first kappa shape index (κ1) is 26.3. The van der Waals surface area contributed by atoms with Gasteiger partial charge in [0.1, 0.15) is 6.04 Å². The summed E-state index contributed by atoms with van der Waals surface area (Å²) in [6.45, 7) is 15.6. The van der Waals surface area contributed by atoms with E-state index in [-0.39, 0.29) is 18.4 Å². The minimum absolute atomic E-state index is 0.139. The largest absolute Gasteiger partial charge is 0.354 e. The zero-order valence-corrected chi connectivity index (χ0v) is 21.3. The summed E-state index contributed by atoms with van der Waals surface area (Å²) >= 11 is 0. The van der Waals surface area contributed by atoms with Crippen molar-refractivity contribution in [3.63, 3.8) is 0 Å². The number of hydrogen-bond acceptors (Lipinski definition) is 5. The SMILES string of the molecule is CCCNC(=O)[C@H](C)NC(=O)CN1CCN(S(=O)(=O)c2c(C)c(C)c(C)c(C)c2C)CC1. The van der Waals surface area contributed by atoms with E-state index in [1.807, 2.05) is 46.4 Å². The molecule has 8 nitrogen and oxygen atoms in total. The predicted molar refractivity (Wildman–Crippen MR) is 126 cm³/mol. The number of piperazine rings is 1. The number of nitrogens with one attached hydrogen (secondary N) is 2. The molecule has 1 saturated heterocycles. The summed E-state index contributed by atoms with van der Waals surface area (Å²) in [5.41, 5.74) is 4.77. The number of rotatable bonds is 8. The number of benzene rings is 1. The summed E-state index contributed by atoms with van der Waals surface area (Å²) in [7, 11) is -3.62. The van der Waals surface area contributed by atoms with Gasteiger partial charge in [-0.3, -0.25) is 14.5 Å². The maximum Gasteiger partial charge on any atom is 0.243 e. The molecule has 1 fully saturated rings. The highest BCUT2D eigenvalue weighted by Gasteiger charge is 2.32. The Hall–Kier alpha value is -1.97. The lowest BCUT2D eigenvalue weighted by Crippen LogP contribution is -2.53. The van der Waals surface area contributed by atoms with Gasteiger partial charge in [-0.25, -0.2) is 8.42 Å². The molecule has 0 unspecified atom stereocenters. The van der Waals surface area contributed by atoms with Gasteiger partial charge in [-0.05, 0) is 75.8 Å². The van der Waals surface area contributed by atoms with Gasteiger partial charge >= 0.3 is 0 Å². The lowest BCUT2D eigenvalue weighted by molar-refractivity contribution is -0.129. The average Bonchev–Trinajstić information content (AvgIpc) is 2.74. The predicted octanol–water partition coefficient (Wildman–Crippen LogP) is 1.57. The van der Waals surface area contributed by atoms with Crippen LogP contribution in [0.25, 0.3) is 0 Å². The van der Waals surface area contributed by atoms with Crippen molar-refractivity contribution < 1.29 is 18.0 Å².